The van der Waals surface area contributed by atoms with E-state index >= 15 is 0 Å². The molecule has 0 aliphatic carbocycles. The van der Waals surface area contributed by atoms with E-state index in [-0.39, 0.29) is 12.3 Å². The maximum Gasteiger partial charge on any atom is 0.275 e. The van der Waals surface area contributed by atoms with Gasteiger partial charge in [0, 0.05) is 61.9 Å². The second kappa shape index (κ2) is 24.6. The normalized spacial score (nSPS) is 10.0. The second-order valence-corrected chi connectivity index (χ2v) is 6.47. The van der Waals surface area contributed by atoms with Gasteiger partial charge in [-0.3, -0.25) is 10.1 Å². The number of hydrogen-bond acceptors (Lipinski definition) is 8. The molecule has 0 amide bonds. The molecule has 9 nitrogen and oxygen atoms in total. The summed E-state index contributed by atoms with van der Waals surface area (Å²) in [6.45, 7) is 3.78. The molecular formula is C22H41NO8. The molecule has 0 aromatic heterocycles. The number of rotatable bonds is 15. The molecule has 182 valence electrons. The van der Waals surface area contributed by atoms with Gasteiger partial charge < -0.3 is 28.4 Å². The molecule has 1 aromatic carbocycles. The molecule has 9 heteroatoms. The number of hydrogen-bond donors (Lipinski definition) is 0. The fourth-order valence-electron chi connectivity index (χ4n) is 2.33. The van der Waals surface area contributed by atoms with Crippen molar-refractivity contribution in [2.75, 3.05) is 69.1 Å². The molecular weight excluding hydrogens is 406 g/mol. The van der Waals surface area contributed by atoms with Crippen LogP contribution in [0.15, 0.2) is 18.2 Å². The van der Waals surface area contributed by atoms with Crippen LogP contribution in [0.5, 0.6) is 0 Å². The van der Waals surface area contributed by atoms with Crippen LogP contribution in [-0.2, 0) is 41.6 Å². The third kappa shape index (κ3) is 20.1. The Hall–Kier alpha value is -1.62. The van der Waals surface area contributed by atoms with Crippen LogP contribution in [-0.4, -0.2) is 74.0 Å². The van der Waals surface area contributed by atoms with Gasteiger partial charge in [-0.15, -0.1) is 0 Å². The van der Waals surface area contributed by atoms with Crippen molar-refractivity contribution in [2.45, 2.75) is 38.9 Å². The number of nitrogens with zero attached hydrogens (tertiary/aromatic N) is 1. The minimum atomic E-state index is -0.409. The van der Waals surface area contributed by atoms with Crippen LogP contribution in [0.1, 0.15) is 36.8 Å². The van der Waals surface area contributed by atoms with Crippen LogP contribution < -0.4 is 0 Å². The molecule has 0 spiro atoms. The van der Waals surface area contributed by atoms with Gasteiger partial charge in [0.2, 0.25) is 0 Å². The van der Waals surface area contributed by atoms with Gasteiger partial charge in [-0.05, 0) is 24.5 Å². The van der Waals surface area contributed by atoms with E-state index in [1.54, 1.807) is 47.7 Å². The zero-order chi connectivity index (χ0) is 23.7. The molecule has 0 unspecified atom stereocenters. The lowest BCUT2D eigenvalue weighted by Gasteiger charge is -2.04. The summed E-state index contributed by atoms with van der Waals surface area (Å²) in [4.78, 5) is 10.4. The van der Waals surface area contributed by atoms with E-state index in [0.29, 0.717) is 25.4 Å². The second-order valence-electron chi connectivity index (χ2n) is 6.47. The predicted octanol–water partition coefficient (Wildman–Crippen LogP) is 4.01. The van der Waals surface area contributed by atoms with Crippen LogP contribution in [0.4, 0.5) is 5.69 Å². The summed E-state index contributed by atoms with van der Waals surface area (Å²) >= 11 is 0. The first-order valence-electron chi connectivity index (χ1n) is 10.2. The number of benzene rings is 1. The van der Waals surface area contributed by atoms with E-state index in [0.717, 1.165) is 18.8 Å². The van der Waals surface area contributed by atoms with Crippen molar-refractivity contribution in [3.05, 3.63) is 39.4 Å². The van der Waals surface area contributed by atoms with Gasteiger partial charge in [0.05, 0.1) is 36.9 Å². The van der Waals surface area contributed by atoms with Crippen molar-refractivity contribution in [3.8, 4) is 0 Å². The maximum absolute atomic E-state index is 10.8. The Bertz CT molecular complexity index is 516. The highest BCUT2D eigenvalue weighted by molar-refractivity contribution is 5.42. The largest absolute Gasteiger partial charge is 0.385 e. The Balaban J connectivity index is 0. The van der Waals surface area contributed by atoms with E-state index < -0.39 is 4.92 Å². The Morgan fingerprint density at radius 3 is 1.55 bits per heavy atom. The molecule has 0 aliphatic rings. The SMILES string of the molecule is COCCCCCCOC.COCCOC.COCc1ccc(COC)c([N+](=O)[O-])c1. The minimum Gasteiger partial charge on any atom is -0.385 e. The predicted molar refractivity (Wildman–Crippen MR) is 120 cm³/mol. The van der Waals surface area contributed by atoms with Gasteiger partial charge in [-0.2, -0.15) is 0 Å². The summed E-state index contributed by atoms with van der Waals surface area (Å²) < 4.78 is 28.9. The average molecular weight is 448 g/mol. The maximum atomic E-state index is 10.8. The first-order valence-corrected chi connectivity index (χ1v) is 10.2. The minimum absolute atomic E-state index is 0.0754. The van der Waals surface area contributed by atoms with Gasteiger partial charge in [-0.25, -0.2) is 0 Å². The summed E-state index contributed by atoms with van der Waals surface area (Å²) in [6.07, 6.45) is 4.88. The highest BCUT2D eigenvalue weighted by Gasteiger charge is 2.13. The third-order valence-electron chi connectivity index (χ3n) is 3.90. The molecule has 0 fully saturated rings. The van der Waals surface area contributed by atoms with E-state index in [4.69, 9.17) is 18.9 Å². The van der Waals surface area contributed by atoms with Crippen molar-refractivity contribution in [1.29, 1.82) is 0 Å². The third-order valence-corrected chi connectivity index (χ3v) is 3.90. The first-order chi connectivity index (χ1) is 15.0. The number of nitro benzene ring substituents is 1. The molecule has 0 bridgehead atoms. The molecule has 0 N–H and O–H groups in total. The lowest BCUT2D eigenvalue weighted by atomic mass is 10.1. The first kappa shape index (κ1) is 31.6. The Morgan fingerprint density at radius 2 is 1.16 bits per heavy atom. The fraction of sp³-hybridized carbons (Fsp3) is 0.727. The van der Waals surface area contributed by atoms with E-state index in [9.17, 15) is 10.1 Å². The monoisotopic (exact) mass is 447 g/mol. The van der Waals surface area contributed by atoms with Crippen molar-refractivity contribution in [2.24, 2.45) is 0 Å². The van der Waals surface area contributed by atoms with Crippen LogP contribution in [0.25, 0.3) is 0 Å². The van der Waals surface area contributed by atoms with Gasteiger partial charge in [0.1, 0.15) is 0 Å². The van der Waals surface area contributed by atoms with Gasteiger partial charge in [0.25, 0.3) is 5.69 Å². The number of unbranched alkanes of at least 4 members (excludes halogenated alkanes) is 3. The van der Waals surface area contributed by atoms with Gasteiger partial charge in [0.15, 0.2) is 0 Å². The summed E-state index contributed by atoms with van der Waals surface area (Å²) in [5, 5.41) is 10.8. The summed E-state index contributed by atoms with van der Waals surface area (Å²) in [5.74, 6) is 0. The van der Waals surface area contributed by atoms with Crippen LogP contribution in [0.2, 0.25) is 0 Å². The molecule has 0 saturated heterocycles. The molecule has 1 rings (SSSR count). The van der Waals surface area contributed by atoms with E-state index in [1.807, 2.05) is 0 Å². The van der Waals surface area contributed by atoms with Gasteiger partial charge >= 0.3 is 0 Å². The zero-order valence-corrected chi connectivity index (χ0v) is 20.0. The lowest BCUT2D eigenvalue weighted by molar-refractivity contribution is -0.386. The standard InChI is InChI=1S/C10H13NO4.C8H18O2.C4H10O2/c1-14-6-8-3-4-9(7-15-2)10(5-8)11(12)13;1-9-7-5-3-4-6-8-10-2;1-5-3-4-6-2/h3-5H,6-7H2,1-2H3;3-8H2,1-2H3;3-4H2,1-2H3. The summed E-state index contributed by atoms with van der Waals surface area (Å²) in [5.41, 5.74) is 1.43. The smallest absolute Gasteiger partial charge is 0.275 e. The topological polar surface area (TPSA) is 98.5 Å². The van der Waals surface area contributed by atoms with Crippen LogP contribution in [0.3, 0.4) is 0 Å². The summed E-state index contributed by atoms with van der Waals surface area (Å²) in [6, 6.07) is 5.00. The van der Waals surface area contributed by atoms with E-state index in [1.165, 1.54) is 38.9 Å². The molecule has 0 atom stereocenters. The molecule has 0 heterocycles. The fourth-order valence-corrected chi connectivity index (χ4v) is 2.33. The van der Waals surface area contributed by atoms with Crippen LogP contribution >= 0.6 is 0 Å². The van der Waals surface area contributed by atoms with Crippen molar-refractivity contribution < 1.29 is 33.3 Å². The van der Waals surface area contributed by atoms with Crippen molar-refractivity contribution >= 4 is 5.69 Å². The molecule has 0 aliphatic heterocycles. The highest BCUT2D eigenvalue weighted by Crippen LogP contribution is 2.21. The van der Waals surface area contributed by atoms with Crippen LogP contribution in [0, 0.1) is 10.1 Å². The quantitative estimate of drug-likeness (QED) is 0.226. The Labute approximate surface area is 187 Å². The van der Waals surface area contributed by atoms with E-state index in [2.05, 4.69) is 9.47 Å². The number of ether oxygens (including phenoxy) is 6. The molecule has 1 aromatic rings. The molecule has 31 heavy (non-hydrogen) atoms. The highest BCUT2D eigenvalue weighted by atomic mass is 16.6. The zero-order valence-electron chi connectivity index (χ0n) is 20.0. The Kier molecular flexibility index (Phi) is 25.1. The Morgan fingerprint density at radius 1 is 0.677 bits per heavy atom. The lowest BCUT2D eigenvalue weighted by Crippen LogP contribution is -1.99. The summed E-state index contributed by atoms with van der Waals surface area (Å²) in [7, 11) is 9.85. The number of nitro groups is 1. The van der Waals surface area contributed by atoms with Crippen molar-refractivity contribution in [3.63, 3.8) is 0 Å². The molecule has 0 saturated carbocycles. The van der Waals surface area contributed by atoms with Gasteiger partial charge in [-0.1, -0.05) is 18.9 Å². The molecule has 0 radical (unpaired) electrons. The van der Waals surface area contributed by atoms with Crippen molar-refractivity contribution in [1.82, 2.24) is 0 Å². The average Bonchev–Trinajstić information content (AvgIpc) is 2.77. The number of methoxy groups -OCH3 is 6.